The number of aromatic nitrogens is 3. The molecule has 2 aromatic heterocycles. The Labute approximate surface area is 89.2 Å². The molecule has 0 spiro atoms. The van der Waals surface area contributed by atoms with E-state index in [9.17, 15) is 0 Å². The topological polar surface area (TPSA) is 74.2 Å². The SMILES string of the molecule is CC.COC.c1cnoc1.c1ncon1. The lowest BCUT2D eigenvalue weighted by Gasteiger charge is -1.61. The predicted octanol–water partition coefficient (Wildman–Crippen LogP) is 2.03. The second-order valence-corrected chi connectivity index (χ2v) is 1.68. The van der Waals surface area contributed by atoms with Crippen LogP contribution < -0.4 is 0 Å². The molecular weight excluding hydrogens is 198 g/mol. The van der Waals surface area contributed by atoms with Crippen molar-refractivity contribution in [3.05, 3.63) is 31.2 Å². The van der Waals surface area contributed by atoms with Gasteiger partial charge in [0.1, 0.15) is 6.26 Å². The number of rotatable bonds is 0. The Bertz CT molecular complexity index is 172. The summed E-state index contributed by atoms with van der Waals surface area (Å²) in [6, 6.07) is 1.72. The molecule has 0 aliphatic carbocycles. The standard InChI is InChI=1S/C3H3NO.C2H2N2O.C2H6O.C2H6/c1-2-4-5-3-1;1-3-2-5-4-1;1-3-2;1-2/h1-3H;1-2H;1-2H3;1-2H3. The van der Waals surface area contributed by atoms with E-state index in [1.54, 1.807) is 26.5 Å². The Balaban J connectivity index is 0. The molecule has 0 N–H and O–H groups in total. The summed E-state index contributed by atoms with van der Waals surface area (Å²) < 4.78 is 12.8. The molecule has 0 fully saturated rings. The average Bonchev–Trinajstić information content (AvgIpc) is 3.01. The van der Waals surface area contributed by atoms with Crippen molar-refractivity contribution in [3.8, 4) is 0 Å². The fourth-order valence-electron chi connectivity index (χ4n) is 0.312. The van der Waals surface area contributed by atoms with Gasteiger partial charge in [-0.2, -0.15) is 0 Å². The molecular formula is C9H17N3O3. The highest BCUT2D eigenvalue weighted by atomic mass is 16.5. The van der Waals surface area contributed by atoms with Gasteiger partial charge in [-0.05, 0) is 6.07 Å². The van der Waals surface area contributed by atoms with Gasteiger partial charge in [-0.1, -0.05) is 24.2 Å². The largest absolute Gasteiger partial charge is 0.388 e. The molecule has 0 aromatic carbocycles. The minimum absolute atomic E-state index is 1.26. The first kappa shape index (κ1) is 15.8. The lowest BCUT2D eigenvalue weighted by Crippen LogP contribution is -1.55. The van der Waals surface area contributed by atoms with E-state index in [1.165, 1.54) is 19.0 Å². The van der Waals surface area contributed by atoms with E-state index in [2.05, 4.69) is 29.1 Å². The highest BCUT2D eigenvalue weighted by molar-refractivity contribution is 4.67. The van der Waals surface area contributed by atoms with Gasteiger partial charge in [0.15, 0.2) is 6.33 Å². The molecule has 0 saturated heterocycles. The van der Waals surface area contributed by atoms with Crippen LogP contribution in [0.25, 0.3) is 0 Å². The molecule has 2 rings (SSSR count). The summed E-state index contributed by atoms with van der Waals surface area (Å²) in [6.45, 7) is 4.00. The van der Waals surface area contributed by atoms with E-state index in [-0.39, 0.29) is 0 Å². The van der Waals surface area contributed by atoms with E-state index < -0.39 is 0 Å². The lowest BCUT2D eigenvalue weighted by molar-refractivity contribution is 0.277. The molecule has 0 aliphatic rings. The summed E-state index contributed by atoms with van der Waals surface area (Å²) >= 11 is 0. The van der Waals surface area contributed by atoms with Crippen LogP contribution in [-0.4, -0.2) is 29.5 Å². The first-order chi connectivity index (χ1) is 7.41. The third-order valence-electron chi connectivity index (χ3n) is 0.630. The van der Waals surface area contributed by atoms with Crippen molar-refractivity contribution in [2.45, 2.75) is 13.8 Å². The van der Waals surface area contributed by atoms with Crippen LogP contribution in [0.5, 0.6) is 0 Å². The van der Waals surface area contributed by atoms with E-state index in [0.717, 1.165) is 0 Å². The van der Waals surface area contributed by atoms with Crippen molar-refractivity contribution in [1.29, 1.82) is 0 Å². The summed E-state index contributed by atoms with van der Waals surface area (Å²) in [5.41, 5.74) is 0. The quantitative estimate of drug-likeness (QED) is 0.669. The molecule has 0 radical (unpaired) electrons. The molecule has 0 saturated carbocycles. The highest BCUT2D eigenvalue weighted by Crippen LogP contribution is 1.72. The molecule has 2 aromatic rings. The van der Waals surface area contributed by atoms with Crippen LogP contribution in [0.3, 0.4) is 0 Å². The fraction of sp³-hybridized carbons (Fsp3) is 0.444. The van der Waals surface area contributed by atoms with Crippen molar-refractivity contribution >= 4 is 0 Å². The minimum Gasteiger partial charge on any atom is -0.388 e. The summed E-state index contributed by atoms with van der Waals surface area (Å²) in [5.74, 6) is 0. The number of ether oxygens (including phenoxy) is 1. The Morgan fingerprint density at radius 1 is 1.07 bits per heavy atom. The van der Waals surface area contributed by atoms with Crippen molar-refractivity contribution in [2.75, 3.05) is 14.2 Å². The van der Waals surface area contributed by atoms with Crippen LogP contribution in [0.2, 0.25) is 0 Å². The monoisotopic (exact) mass is 215 g/mol. The van der Waals surface area contributed by atoms with Gasteiger partial charge in [-0.15, -0.1) is 0 Å². The zero-order chi connectivity index (χ0) is 11.8. The maximum Gasteiger partial charge on any atom is 0.213 e. The van der Waals surface area contributed by atoms with Gasteiger partial charge in [-0.3, -0.25) is 0 Å². The summed E-state index contributed by atoms with van der Waals surface area (Å²) in [6.07, 6.45) is 5.69. The first-order valence-corrected chi connectivity index (χ1v) is 4.35. The molecule has 15 heavy (non-hydrogen) atoms. The Kier molecular flexibility index (Phi) is 19.1. The van der Waals surface area contributed by atoms with Crippen molar-refractivity contribution in [2.24, 2.45) is 0 Å². The van der Waals surface area contributed by atoms with E-state index in [0.29, 0.717) is 0 Å². The van der Waals surface area contributed by atoms with Crippen molar-refractivity contribution in [1.82, 2.24) is 15.3 Å². The lowest BCUT2D eigenvalue weighted by atomic mass is 10.8. The van der Waals surface area contributed by atoms with E-state index in [4.69, 9.17) is 0 Å². The van der Waals surface area contributed by atoms with Gasteiger partial charge >= 0.3 is 0 Å². The number of hydrogen-bond donors (Lipinski definition) is 0. The third-order valence-corrected chi connectivity index (χ3v) is 0.630. The molecule has 86 valence electrons. The van der Waals surface area contributed by atoms with Gasteiger partial charge in [0, 0.05) is 14.2 Å². The van der Waals surface area contributed by atoms with Gasteiger partial charge in [-0.25, -0.2) is 4.98 Å². The predicted molar refractivity (Wildman–Crippen MR) is 55.1 cm³/mol. The average molecular weight is 215 g/mol. The molecule has 2 heterocycles. The molecule has 0 bridgehead atoms. The zero-order valence-corrected chi connectivity index (χ0v) is 9.45. The van der Waals surface area contributed by atoms with Crippen molar-refractivity contribution in [3.63, 3.8) is 0 Å². The van der Waals surface area contributed by atoms with Crippen LogP contribution in [0.15, 0.2) is 40.3 Å². The summed E-state index contributed by atoms with van der Waals surface area (Å²) in [4.78, 5) is 3.44. The summed E-state index contributed by atoms with van der Waals surface area (Å²) in [7, 11) is 3.25. The highest BCUT2D eigenvalue weighted by Gasteiger charge is 1.61. The zero-order valence-electron chi connectivity index (χ0n) is 9.45. The molecule has 6 nitrogen and oxygen atoms in total. The number of nitrogens with zero attached hydrogens (tertiary/aromatic N) is 3. The first-order valence-electron chi connectivity index (χ1n) is 4.35. The second-order valence-electron chi connectivity index (χ2n) is 1.68. The fourth-order valence-corrected chi connectivity index (χ4v) is 0.312. The molecule has 0 aliphatic heterocycles. The number of methoxy groups -OCH3 is 1. The normalized spacial score (nSPS) is 6.93. The third kappa shape index (κ3) is 18.9. The van der Waals surface area contributed by atoms with Gasteiger partial charge in [0.05, 0.1) is 6.20 Å². The maximum absolute atomic E-state index is 4.33. The second kappa shape index (κ2) is 18.2. The number of hydrogen-bond acceptors (Lipinski definition) is 6. The van der Waals surface area contributed by atoms with Gasteiger partial charge < -0.3 is 13.8 Å². The molecule has 0 unspecified atom stereocenters. The van der Waals surface area contributed by atoms with Crippen LogP contribution in [0.1, 0.15) is 13.8 Å². The van der Waals surface area contributed by atoms with Crippen LogP contribution in [-0.2, 0) is 4.74 Å². The summed E-state index contributed by atoms with van der Waals surface area (Å²) in [5, 5.41) is 6.58. The van der Waals surface area contributed by atoms with Crippen LogP contribution in [0.4, 0.5) is 0 Å². The van der Waals surface area contributed by atoms with E-state index >= 15 is 0 Å². The van der Waals surface area contributed by atoms with Crippen LogP contribution in [0, 0.1) is 0 Å². The molecule has 6 heteroatoms. The Morgan fingerprint density at radius 2 is 1.73 bits per heavy atom. The van der Waals surface area contributed by atoms with Crippen molar-refractivity contribution < 1.29 is 13.8 Å². The molecule has 0 amide bonds. The maximum atomic E-state index is 4.33. The Hall–Kier alpha value is -1.69. The van der Waals surface area contributed by atoms with Gasteiger partial charge in [0.2, 0.25) is 6.39 Å². The smallest absolute Gasteiger partial charge is 0.213 e. The Morgan fingerprint density at radius 3 is 1.87 bits per heavy atom. The van der Waals surface area contributed by atoms with E-state index in [1.807, 2.05) is 13.8 Å². The van der Waals surface area contributed by atoms with Gasteiger partial charge in [0.25, 0.3) is 0 Å². The molecule has 0 atom stereocenters. The van der Waals surface area contributed by atoms with Crippen LogP contribution >= 0.6 is 0 Å². The minimum atomic E-state index is 1.26.